The standard InChI is InChI=1S/C17H26N2O2/c1-12-5-6-13(2)16(9-12)18-17(20)7-8-19-10-14(3)21-15(4)11-19/h5-6,9,14-15H,7-8,10-11H2,1-4H3,(H,18,20)/t14-,15-/m1/s1. The zero-order valence-corrected chi connectivity index (χ0v) is 13.5. The molecule has 1 fully saturated rings. The molecule has 0 spiro atoms. The third-order valence-electron chi connectivity index (χ3n) is 3.82. The molecule has 4 nitrogen and oxygen atoms in total. The first-order valence-electron chi connectivity index (χ1n) is 7.69. The minimum Gasteiger partial charge on any atom is -0.373 e. The lowest BCUT2D eigenvalue weighted by Crippen LogP contribution is -2.46. The summed E-state index contributed by atoms with van der Waals surface area (Å²) < 4.78 is 5.71. The maximum Gasteiger partial charge on any atom is 0.225 e. The molecule has 1 aliphatic rings. The van der Waals surface area contributed by atoms with E-state index in [0.29, 0.717) is 6.42 Å². The number of nitrogens with one attached hydrogen (secondary N) is 1. The van der Waals surface area contributed by atoms with Crippen LogP contribution in [0.3, 0.4) is 0 Å². The molecule has 0 bridgehead atoms. The molecule has 4 heteroatoms. The van der Waals surface area contributed by atoms with Crippen LogP contribution in [0.25, 0.3) is 0 Å². The second-order valence-electron chi connectivity index (χ2n) is 6.13. The van der Waals surface area contributed by atoms with Crippen LogP contribution in [0.15, 0.2) is 18.2 Å². The van der Waals surface area contributed by atoms with Gasteiger partial charge in [-0.1, -0.05) is 12.1 Å². The van der Waals surface area contributed by atoms with Crippen molar-refractivity contribution in [3.63, 3.8) is 0 Å². The number of anilines is 1. The largest absolute Gasteiger partial charge is 0.373 e. The fraction of sp³-hybridized carbons (Fsp3) is 0.588. The highest BCUT2D eigenvalue weighted by Gasteiger charge is 2.22. The van der Waals surface area contributed by atoms with Crippen molar-refractivity contribution in [3.8, 4) is 0 Å². The van der Waals surface area contributed by atoms with Crippen LogP contribution in [0, 0.1) is 13.8 Å². The van der Waals surface area contributed by atoms with Crippen molar-refractivity contribution in [2.24, 2.45) is 0 Å². The van der Waals surface area contributed by atoms with E-state index in [9.17, 15) is 4.79 Å². The molecule has 1 aromatic carbocycles. The number of carbonyl (C=O) groups excluding carboxylic acids is 1. The number of aryl methyl sites for hydroxylation is 2. The second-order valence-corrected chi connectivity index (χ2v) is 6.13. The van der Waals surface area contributed by atoms with Crippen molar-refractivity contribution in [1.82, 2.24) is 4.90 Å². The van der Waals surface area contributed by atoms with Crippen LogP contribution < -0.4 is 5.32 Å². The number of hydrogen-bond donors (Lipinski definition) is 1. The van der Waals surface area contributed by atoms with E-state index in [1.807, 2.05) is 26.0 Å². The molecule has 1 aromatic rings. The number of hydrogen-bond acceptors (Lipinski definition) is 3. The molecule has 0 unspecified atom stereocenters. The van der Waals surface area contributed by atoms with Gasteiger partial charge in [0.15, 0.2) is 0 Å². The fourth-order valence-electron chi connectivity index (χ4n) is 2.81. The molecule has 0 aromatic heterocycles. The van der Waals surface area contributed by atoms with Crippen LogP contribution >= 0.6 is 0 Å². The van der Waals surface area contributed by atoms with E-state index in [4.69, 9.17) is 4.74 Å². The molecule has 21 heavy (non-hydrogen) atoms. The summed E-state index contributed by atoms with van der Waals surface area (Å²) >= 11 is 0. The van der Waals surface area contributed by atoms with Gasteiger partial charge in [-0.3, -0.25) is 9.69 Å². The van der Waals surface area contributed by atoms with Gasteiger partial charge in [0.2, 0.25) is 5.91 Å². The lowest BCUT2D eigenvalue weighted by atomic mass is 10.1. The molecule has 2 rings (SSSR count). The Kier molecular flexibility index (Phi) is 5.37. The zero-order valence-electron chi connectivity index (χ0n) is 13.5. The predicted molar refractivity (Wildman–Crippen MR) is 85.6 cm³/mol. The van der Waals surface area contributed by atoms with Crippen molar-refractivity contribution in [2.75, 3.05) is 25.0 Å². The quantitative estimate of drug-likeness (QED) is 0.927. The van der Waals surface area contributed by atoms with Gasteiger partial charge in [-0.25, -0.2) is 0 Å². The topological polar surface area (TPSA) is 41.6 Å². The number of carbonyl (C=O) groups is 1. The number of amides is 1. The number of morpholine rings is 1. The van der Waals surface area contributed by atoms with Crippen LogP contribution in [0.4, 0.5) is 5.69 Å². The van der Waals surface area contributed by atoms with E-state index in [2.05, 4.69) is 30.1 Å². The first-order valence-corrected chi connectivity index (χ1v) is 7.69. The summed E-state index contributed by atoms with van der Waals surface area (Å²) in [4.78, 5) is 14.4. The average molecular weight is 290 g/mol. The Morgan fingerprint density at radius 2 is 1.95 bits per heavy atom. The van der Waals surface area contributed by atoms with E-state index >= 15 is 0 Å². The maximum absolute atomic E-state index is 12.1. The summed E-state index contributed by atoms with van der Waals surface area (Å²) in [7, 11) is 0. The summed E-state index contributed by atoms with van der Waals surface area (Å²) in [6.45, 7) is 10.8. The Hall–Kier alpha value is -1.39. The van der Waals surface area contributed by atoms with Crippen LogP contribution in [0.1, 0.15) is 31.4 Å². The molecule has 0 saturated carbocycles. The van der Waals surface area contributed by atoms with Crippen LogP contribution in [-0.2, 0) is 9.53 Å². The van der Waals surface area contributed by atoms with Crippen molar-refractivity contribution >= 4 is 11.6 Å². The predicted octanol–water partition coefficient (Wildman–Crippen LogP) is 2.74. The van der Waals surface area contributed by atoms with Crippen LogP contribution in [0.2, 0.25) is 0 Å². The Bertz CT molecular complexity index is 492. The number of nitrogens with zero attached hydrogens (tertiary/aromatic N) is 1. The lowest BCUT2D eigenvalue weighted by molar-refractivity contribution is -0.117. The molecule has 1 saturated heterocycles. The summed E-state index contributed by atoms with van der Waals surface area (Å²) in [6.07, 6.45) is 1.01. The minimum atomic E-state index is 0.0792. The molecule has 1 N–H and O–H groups in total. The lowest BCUT2D eigenvalue weighted by Gasteiger charge is -2.35. The third kappa shape index (κ3) is 4.83. The summed E-state index contributed by atoms with van der Waals surface area (Å²) in [5.74, 6) is 0.0792. The van der Waals surface area contributed by atoms with Gasteiger partial charge in [0.05, 0.1) is 12.2 Å². The Morgan fingerprint density at radius 3 is 2.62 bits per heavy atom. The molecule has 1 amide bonds. The number of ether oxygens (including phenoxy) is 1. The average Bonchev–Trinajstić information content (AvgIpc) is 2.40. The van der Waals surface area contributed by atoms with E-state index < -0.39 is 0 Å². The van der Waals surface area contributed by atoms with Crippen LogP contribution in [0.5, 0.6) is 0 Å². The molecule has 1 aliphatic heterocycles. The third-order valence-corrected chi connectivity index (χ3v) is 3.82. The van der Waals surface area contributed by atoms with Gasteiger partial charge in [0.25, 0.3) is 0 Å². The Labute approximate surface area is 127 Å². The van der Waals surface area contributed by atoms with Gasteiger partial charge in [0, 0.05) is 31.7 Å². The van der Waals surface area contributed by atoms with Gasteiger partial charge < -0.3 is 10.1 Å². The molecular weight excluding hydrogens is 264 g/mol. The molecule has 0 aliphatic carbocycles. The summed E-state index contributed by atoms with van der Waals surface area (Å²) in [5.41, 5.74) is 3.18. The zero-order chi connectivity index (χ0) is 15.4. The minimum absolute atomic E-state index is 0.0792. The molecular formula is C17H26N2O2. The highest BCUT2D eigenvalue weighted by atomic mass is 16.5. The smallest absolute Gasteiger partial charge is 0.225 e. The van der Waals surface area contributed by atoms with Gasteiger partial charge in [-0.15, -0.1) is 0 Å². The molecule has 2 atom stereocenters. The van der Waals surface area contributed by atoms with E-state index in [-0.39, 0.29) is 18.1 Å². The highest BCUT2D eigenvalue weighted by Crippen LogP contribution is 2.17. The van der Waals surface area contributed by atoms with E-state index in [1.165, 1.54) is 0 Å². The van der Waals surface area contributed by atoms with Crippen molar-refractivity contribution in [1.29, 1.82) is 0 Å². The van der Waals surface area contributed by atoms with E-state index in [0.717, 1.165) is 36.4 Å². The normalized spacial score (nSPS) is 23.0. The van der Waals surface area contributed by atoms with Crippen LogP contribution in [-0.4, -0.2) is 42.6 Å². The second kappa shape index (κ2) is 7.05. The SMILES string of the molecule is Cc1ccc(C)c(NC(=O)CCN2C[C@@H](C)O[C@H](C)C2)c1. The van der Waals surface area contributed by atoms with Gasteiger partial charge in [-0.2, -0.15) is 0 Å². The fourth-order valence-corrected chi connectivity index (χ4v) is 2.81. The van der Waals surface area contributed by atoms with Gasteiger partial charge >= 0.3 is 0 Å². The van der Waals surface area contributed by atoms with Gasteiger partial charge in [0.1, 0.15) is 0 Å². The first-order chi connectivity index (χ1) is 9.94. The summed E-state index contributed by atoms with van der Waals surface area (Å²) in [5, 5.41) is 3.02. The Morgan fingerprint density at radius 1 is 1.29 bits per heavy atom. The molecule has 0 radical (unpaired) electrons. The highest BCUT2D eigenvalue weighted by molar-refractivity contribution is 5.91. The van der Waals surface area contributed by atoms with E-state index in [1.54, 1.807) is 0 Å². The van der Waals surface area contributed by atoms with Gasteiger partial charge in [-0.05, 0) is 44.9 Å². The Balaban J connectivity index is 1.83. The first kappa shape index (κ1) is 16.0. The van der Waals surface area contributed by atoms with Crippen molar-refractivity contribution in [3.05, 3.63) is 29.3 Å². The monoisotopic (exact) mass is 290 g/mol. The molecule has 116 valence electrons. The summed E-state index contributed by atoms with van der Waals surface area (Å²) in [6, 6.07) is 6.11. The number of rotatable bonds is 4. The number of benzene rings is 1. The molecule has 1 heterocycles. The van der Waals surface area contributed by atoms with Crippen molar-refractivity contribution < 1.29 is 9.53 Å². The maximum atomic E-state index is 12.1. The van der Waals surface area contributed by atoms with Crippen molar-refractivity contribution in [2.45, 2.75) is 46.3 Å².